The van der Waals surface area contributed by atoms with Crippen LogP contribution in [0.2, 0.25) is 0 Å². The van der Waals surface area contributed by atoms with Crippen molar-refractivity contribution in [3.8, 4) is 5.75 Å². The molecule has 2 aromatic carbocycles. The van der Waals surface area contributed by atoms with Crippen molar-refractivity contribution in [3.05, 3.63) is 65.5 Å². The summed E-state index contributed by atoms with van der Waals surface area (Å²) < 4.78 is 19.1. The Morgan fingerprint density at radius 1 is 1.18 bits per heavy atom. The number of amides is 1. The van der Waals surface area contributed by atoms with Crippen LogP contribution in [-0.4, -0.2) is 12.5 Å². The minimum atomic E-state index is -0.258. The van der Waals surface area contributed by atoms with E-state index in [1.54, 1.807) is 18.2 Å². The molecule has 3 nitrogen and oxygen atoms in total. The Morgan fingerprint density at radius 2 is 1.95 bits per heavy atom. The molecule has 0 saturated carbocycles. The van der Waals surface area contributed by atoms with E-state index < -0.39 is 0 Å². The molecule has 1 N–H and O–H groups in total. The normalized spacial score (nSPS) is 16.5. The Kier molecular flexibility index (Phi) is 4.37. The lowest BCUT2D eigenvalue weighted by Crippen LogP contribution is -2.32. The Labute approximate surface area is 129 Å². The van der Waals surface area contributed by atoms with E-state index in [1.165, 1.54) is 6.07 Å². The maximum atomic E-state index is 13.5. The van der Waals surface area contributed by atoms with Crippen molar-refractivity contribution < 1.29 is 13.9 Å². The number of aryl methyl sites for hydroxylation is 1. The summed E-state index contributed by atoms with van der Waals surface area (Å²) in [5.74, 6) is 0.504. The van der Waals surface area contributed by atoms with Crippen molar-refractivity contribution in [2.75, 3.05) is 6.61 Å². The maximum absolute atomic E-state index is 13.5. The first kappa shape index (κ1) is 14.6. The van der Waals surface area contributed by atoms with Crippen LogP contribution in [0.15, 0.2) is 48.5 Å². The van der Waals surface area contributed by atoms with Crippen molar-refractivity contribution >= 4 is 5.91 Å². The average Bonchev–Trinajstić information content (AvgIpc) is 2.54. The molecule has 2 aromatic rings. The van der Waals surface area contributed by atoms with E-state index in [-0.39, 0.29) is 24.2 Å². The van der Waals surface area contributed by atoms with Gasteiger partial charge in [-0.3, -0.25) is 4.79 Å². The molecule has 1 unspecified atom stereocenters. The molecule has 0 spiro atoms. The smallest absolute Gasteiger partial charge is 0.220 e. The Bertz CT molecular complexity index is 672. The molecule has 1 atom stereocenters. The van der Waals surface area contributed by atoms with Crippen molar-refractivity contribution in [2.24, 2.45) is 0 Å². The molecule has 4 heteroatoms. The number of carbonyl (C=O) groups is 1. The number of benzene rings is 2. The third kappa shape index (κ3) is 3.27. The molecule has 1 heterocycles. The van der Waals surface area contributed by atoms with E-state index in [1.807, 2.05) is 24.3 Å². The number of halogens is 1. The largest absolute Gasteiger partial charge is 0.493 e. The monoisotopic (exact) mass is 299 g/mol. The van der Waals surface area contributed by atoms with E-state index in [0.29, 0.717) is 18.6 Å². The van der Waals surface area contributed by atoms with Gasteiger partial charge < -0.3 is 10.1 Å². The zero-order chi connectivity index (χ0) is 15.4. The zero-order valence-corrected chi connectivity index (χ0v) is 12.2. The Balaban J connectivity index is 1.60. The summed E-state index contributed by atoms with van der Waals surface area (Å²) >= 11 is 0. The first-order valence-corrected chi connectivity index (χ1v) is 7.48. The minimum absolute atomic E-state index is 0.0296. The molecule has 0 radical (unpaired) electrons. The van der Waals surface area contributed by atoms with Gasteiger partial charge in [-0.15, -0.1) is 0 Å². The van der Waals surface area contributed by atoms with Crippen LogP contribution < -0.4 is 10.1 Å². The molecule has 22 heavy (non-hydrogen) atoms. The van der Waals surface area contributed by atoms with Gasteiger partial charge in [0, 0.05) is 18.4 Å². The number of fused-ring (bicyclic) bond motifs is 1. The first-order valence-electron chi connectivity index (χ1n) is 7.48. The van der Waals surface area contributed by atoms with Crippen molar-refractivity contribution in [1.29, 1.82) is 0 Å². The van der Waals surface area contributed by atoms with Gasteiger partial charge in [0.2, 0.25) is 5.91 Å². The topological polar surface area (TPSA) is 38.3 Å². The fourth-order valence-corrected chi connectivity index (χ4v) is 2.71. The highest BCUT2D eigenvalue weighted by atomic mass is 19.1. The second kappa shape index (κ2) is 6.60. The van der Waals surface area contributed by atoms with Gasteiger partial charge in [0.1, 0.15) is 11.6 Å². The predicted molar refractivity (Wildman–Crippen MR) is 82.2 cm³/mol. The van der Waals surface area contributed by atoms with Crippen LogP contribution in [0.5, 0.6) is 5.75 Å². The minimum Gasteiger partial charge on any atom is -0.493 e. The summed E-state index contributed by atoms with van der Waals surface area (Å²) in [6, 6.07) is 14.3. The number of ether oxygens (including phenoxy) is 1. The third-order valence-electron chi connectivity index (χ3n) is 3.87. The molecular formula is C18H18FNO2. The lowest BCUT2D eigenvalue weighted by molar-refractivity contribution is -0.122. The molecule has 3 rings (SSSR count). The molecular weight excluding hydrogens is 281 g/mol. The predicted octanol–water partition coefficient (Wildman–Crippen LogP) is 3.40. The highest BCUT2D eigenvalue weighted by Gasteiger charge is 2.22. The van der Waals surface area contributed by atoms with E-state index in [0.717, 1.165) is 17.7 Å². The van der Waals surface area contributed by atoms with Gasteiger partial charge in [0.25, 0.3) is 0 Å². The number of carbonyl (C=O) groups excluding carboxylic acids is 1. The lowest BCUT2D eigenvalue weighted by atomic mass is 10.00. The van der Waals surface area contributed by atoms with E-state index >= 15 is 0 Å². The number of nitrogens with one attached hydrogen (secondary N) is 1. The lowest BCUT2D eigenvalue weighted by Gasteiger charge is -2.26. The SMILES string of the molecule is O=C(CCc1ccccc1F)NC1CCOc2ccccc21. The van der Waals surface area contributed by atoms with Crippen LogP contribution in [0, 0.1) is 5.82 Å². The number of hydrogen-bond donors (Lipinski definition) is 1. The molecule has 0 saturated heterocycles. The highest BCUT2D eigenvalue weighted by molar-refractivity contribution is 5.77. The summed E-state index contributed by atoms with van der Waals surface area (Å²) in [5, 5.41) is 3.02. The average molecular weight is 299 g/mol. The molecule has 0 aromatic heterocycles. The third-order valence-corrected chi connectivity index (χ3v) is 3.87. The van der Waals surface area contributed by atoms with Gasteiger partial charge in [-0.2, -0.15) is 0 Å². The maximum Gasteiger partial charge on any atom is 0.220 e. The second-order valence-electron chi connectivity index (χ2n) is 5.39. The van der Waals surface area contributed by atoms with E-state index in [4.69, 9.17) is 4.74 Å². The summed E-state index contributed by atoms with van der Waals surface area (Å²) in [6.07, 6.45) is 1.44. The molecule has 1 amide bonds. The van der Waals surface area contributed by atoms with Gasteiger partial charge in [-0.05, 0) is 24.1 Å². The van der Waals surface area contributed by atoms with E-state index in [9.17, 15) is 9.18 Å². The molecule has 0 fully saturated rings. The molecule has 0 aliphatic carbocycles. The fraction of sp³-hybridized carbons (Fsp3) is 0.278. The van der Waals surface area contributed by atoms with Gasteiger partial charge in [0.05, 0.1) is 12.6 Å². The summed E-state index contributed by atoms with van der Waals surface area (Å²) in [7, 11) is 0. The van der Waals surface area contributed by atoms with Gasteiger partial charge >= 0.3 is 0 Å². The number of rotatable bonds is 4. The van der Waals surface area contributed by atoms with Crippen LogP contribution in [0.25, 0.3) is 0 Å². The van der Waals surface area contributed by atoms with Gasteiger partial charge in [-0.1, -0.05) is 36.4 Å². The van der Waals surface area contributed by atoms with Gasteiger partial charge in [0.15, 0.2) is 0 Å². The van der Waals surface area contributed by atoms with Crippen molar-refractivity contribution in [1.82, 2.24) is 5.32 Å². The van der Waals surface area contributed by atoms with Gasteiger partial charge in [-0.25, -0.2) is 4.39 Å². The molecule has 1 aliphatic heterocycles. The standard InChI is InChI=1S/C18H18FNO2/c19-15-7-3-1-5-13(15)9-10-18(21)20-16-11-12-22-17-8-4-2-6-14(16)17/h1-8,16H,9-12H2,(H,20,21). The summed E-state index contributed by atoms with van der Waals surface area (Å²) in [5.41, 5.74) is 1.58. The number of hydrogen-bond acceptors (Lipinski definition) is 2. The van der Waals surface area contributed by atoms with Crippen LogP contribution in [-0.2, 0) is 11.2 Å². The van der Waals surface area contributed by atoms with Crippen LogP contribution in [0.3, 0.4) is 0 Å². The van der Waals surface area contributed by atoms with Crippen LogP contribution in [0.4, 0.5) is 4.39 Å². The van der Waals surface area contributed by atoms with Crippen LogP contribution in [0.1, 0.15) is 30.0 Å². The molecule has 0 bridgehead atoms. The van der Waals surface area contributed by atoms with E-state index in [2.05, 4.69) is 5.32 Å². The van der Waals surface area contributed by atoms with Crippen molar-refractivity contribution in [3.63, 3.8) is 0 Å². The molecule has 114 valence electrons. The first-order chi connectivity index (χ1) is 10.7. The fourth-order valence-electron chi connectivity index (χ4n) is 2.71. The molecule has 1 aliphatic rings. The zero-order valence-electron chi connectivity index (χ0n) is 12.2. The number of para-hydroxylation sites is 1. The van der Waals surface area contributed by atoms with Crippen molar-refractivity contribution in [2.45, 2.75) is 25.3 Å². The highest BCUT2D eigenvalue weighted by Crippen LogP contribution is 2.31. The Morgan fingerprint density at radius 3 is 2.82 bits per heavy atom. The second-order valence-corrected chi connectivity index (χ2v) is 5.39. The summed E-state index contributed by atoms with van der Waals surface area (Å²) in [6.45, 7) is 0.593. The van der Waals surface area contributed by atoms with Crippen LogP contribution >= 0.6 is 0 Å². The Hall–Kier alpha value is -2.36. The quantitative estimate of drug-likeness (QED) is 0.939. The summed E-state index contributed by atoms with van der Waals surface area (Å²) in [4.78, 5) is 12.1.